The normalized spacial score (nSPS) is 13.6. The number of carbonyl (C=O) groups excluding carboxylic acids is 1. The number of allylic oxidation sites excluding steroid dienone is 4. The second-order valence-corrected chi connectivity index (χ2v) is 32.4. The molecular formula is C118H99F2Ir3N12O4-9. The maximum atomic E-state index is 13.8. The van der Waals surface area contributed by atoms with Crippen molar-refractivity contribution in [3.8, 4) is 44.8 Å². The van der Waals surface area contributed by atoms with Gasteiger partial charge in [-0.2, -0.15) is 105 Å². The zero-order valence-corrected chi connectivity index (χ0v) is 84.4. The first-order chi connectivity index (χ1) is 66.5. The minimum atomic E-state index is -0.654. The van der Waals surface area contributed by atoms with E-state index in [-0.39, 0.29) is 77.4 Å². The third kappa shape index (κ3) is 26.5. The molecule has 0 saturated carbocycles. The molecule has 705 valence electrons. The molecule has 0 amide bonds. The number of ketones is 1. The van der Waals surface area contributed by atoms with Crippen molar-refractivity contribution >= 4 is 105 Å². The van der Waals surface area contributed by atoms with Crippen LogP contribution in [0.4, 0.5) is 37.2 Å². The molecule has 0 fully saturated rings. The summed E-state index contributed by atoms with van der Waals surface area (Å²) in [7, 11) is 4.12. The van der Waals surface area contributed by atoms with E-state index < -0.39 is 11.6 Å². The number of pyridine rings is 2. The van der Waals surface area contributed by atoms with Crippen molar-refractivity contribution in [1.29, 1.82) is 0 Å². The Morgan fingerprint density at radius 2 is 1.06 bits per heavy atom. The third-order valence-electron chi connectivity index (χ3n) is 22.3. The van der Waals surface area contributed by atoms with E-state index in [2.05, 4.69) is 249 Å². The molecule has 2 N–H and O–H groups in total. The molecule has 0 spiro atoms. The van der Waals surface area contributed by atoms with Gasteiger partial charge in [0.05, 0.1) is 22.7 Å². The van der Waals surface area contributed by atoms with Gasteiger partial charge in [0.25, 0.3) is 0 Å². The number of fused-ring (bicyclic) bond motifs is 12. The predicted octanol–water partition coefficient (Wildman–Crippen LogP) is 28.7. The van der Waals surface area contributed by atoms with Crippen molar-refractivity contribution in [2.75, 3.05) is 46.8 Å². The number of nitrogens with one attached hydrogen (secondary N) is 1. The summed E-state index contributed by atoms with van der Waals surface area (Å²) < 4.78 is 38.8. The molecule has 16 nitrogen and oxygen atoms in total. The van der Waals surface area contributed by atoms with Gasteiger partial charge >= 0.3 is 0 Å². The number of furan rings is 2. The molecule has 1 atom stereocenters. The first kappa shape index (κ1) is 102. The summed E-state index contributed by atoms with van der Waals surface area (Å²) in [6, 6.07) is 127. The summed E-state index contributed by atoms with van der Waals surface area (Å²) in [5.41, 5.74) is 27.4. The van der Waals surface area contributed by atoms with Gasteiger partial charge < -0.3 is 63.9 Å². The number of carbonyl (C=O) groups is 1. The summed E-state index contributed by atoms with van der Waals surface area (Å²) in [5.74, 6) is -1.36. The third-order valence-corrected chi connectivity index (χ3v) is 22.3. The second kappa shape index (κ2) is 49.7. The Morgan fingerprint density at radius 3 is 1.64 bits per heavy atom. The summed E-state index contributed by atoms with van der Waals surface area (Å²) >= 11 is 0. The van der Waals surface area contributed by atoms with Crippen LogP contribution in [0.25, 0.3) is 116 Å². The maximum Gasteiger partial charge on any atom is 0.159 e. The summed E-state index contributed by atoms with van der Waals surface area (Å²) in [4.78, 5) is 40.7. The zero-order valence-electron chi connectivity index (χ0n) is 77.2. The number of anilines is 4. The molecule has 5 aliphatic rings. The van der Waals surface area contributed by atoms with E-state index in [9.17, 15) is 13.6 Å². The van der Waals surface area contributed by atoms with Crippen molar-refractivity contribution in [2.24, 2.45) is 4.99 Å². The molecule has 0 saturated heterocycles. The topological polar surface area (TPSA) is 151 Å². The van der Waals surface area contributed by atoms with Crippen LogP contribution in [-0.4, -0.2) is 79.5 Å². The molecule has 1 unspecified atom stereocenters. The summed E-state index contributed by atoms with van der Waals surface area (Å²) in [6.07, 6.45) is 23.7. The molecular weight excluding hydrogens is 2260 g/mol. The average molecular weight is 2360 g/mol. The van der Waals surface area contributed by atoms with Gasteiger partial charge in [0.2, 0.25) is 0 Å². The van der Waals surface area contributed by atoms with Gasteiger partial charge in [-0.1, -0.05) is 236 Å². The summed E-state index contributed by atoms with van der Waals surface area (Å²) in [5, 5.41) is 16.0. The van der Waals surface area contributed by atoms with Gasteiger partial charge in [-0.3, -0.25) is 23.6 Å². The zero-order chi connectivity index (χ0) is 94.1. The molecule has 21 heteroatoms. The van der Waals surface area contributed by atoms with Crippen LogP contribution in [-0.2, 0) is 71.5 Å². The van der Waals surface area contributed by atoms with Crippen molar-refractivity contribution in [1.82, 2.24) is 29.6 Å². The number of hydrogen-bond acceptors (Lipinski definition) is 15. The Bertz CT molecular complexity index is 7220. The predicted molar refractivity (Wildman–Crippen MR) is 551 cm³/mol. The van der Waals surface area contributed by atoms with E-state index in [1.807, 2.05) is 249 Å². The first-order valence-corrected chi connectivity index (χ1v) is 44.7. The Labute approximate surface area is 851 Å². The Morgan fingerprint density at radius 1 is 0.504 bits per heavy atom. The van der Waals surface area contributed by atoms with Crippen molar-refractivity contribution in [3.05, 3.63) is 492 Å². The Balaban J connectivity index is 0.000000138. The molecule has 0 aliphatic carbocycles. The van der Waals surface area contributed by atoms with Crippen LogP contribution in [0.1, 0.15) is 39.7 Å². The van der Waals surface area contributed by atoms with Gasteiger partial charge in [0.1, 0.15) is 17.3 Å². The number of aliphatic imine (C=N–C) groups is 1. The van der Waals surface area contributed by atoms with Gasteiger partial charge in [-0.05, 0) is 177 Å². The number of hydrogen-bond donors (Lipinski definition) is 1. The van der Waals surface area contributed by atoms with E-state index >= 15 is 0 Å². The first-order valence-electron chi connectivity index (χ1n) is 44.7. The largest absolute Gasteiger partial charge is 0.702 e. The van der Waals surface area contributed by atoms with Crippen LogP contribution < -0.4 is 19.6 Å². The fraction of sp³-hybridized carbons (Fsp3) is 0.0932. The number of nitrogens with zero attached hydrogens (tertiary/aromatic N) is 11. The maximum absolute atomic E-state index is 13.8. The standard InChI is InChI=1S/C27H18N.C21H20N4.C17H14N2O.C16H12N2O.C15H8F2N.C11H13N2.C6H6.C5H8O2.3Ir/c1-4-10-20(11-5-1)23-16-17-26-25(18-23)24(21-12-6-2-7-13-21)19-27(28-26)22-14-8-3-9-15-22;1-3-8-20(9-4-1)24-16-14-22(18-24)12-7-13-23-15-17-25(19-23)21-10-5-2-6-11-21;1-18-8-9-19-15(18)10-11-6-7-13-12-4-2-3-5-14(12)20-17(13)16(11)19;1-17-9-10-18(11-17)14-7-4-6-13-12-5-2-3-8-15(12)19-16(13)14;16-11-5-6-13(14(17)9-11)15-12-4-2-1-3-10(12)7-8-18-15;1-9(12)8-10(2)13-11-6-4-3-5-7-11;1-2-4-6-5-3-1;1-4(6)3-5(2)7;;;/h1-14,16-19H;1-6,8,10,14-19H,7,12-13H2;2-9,15H,10H2,1H3;2-6,8-11H,1H3;1-5,7-9H;3-8,12H,1-2H3;1-6H;3,6H,1-2H3;;;/q-1;-4;;-2;2*-1;;;;;. The number of rotatable bonds is 14. The van der Waals surface area contributed by atoms with Crippen LogP contribution in [0.3, 0.4) is 0 Å². The Kier molecular flexibility index (Phi) is 36.3. The monoisotopic (exact) mass is 2360 g/mol. The van der Waals surface area contributed by atoms with Gasteiger partial charge in [0.15, 0.2) is 11.4 Å². The smallest absolute Gasteiger partial charge is 0.159 e. The van der Waals surface area contributed by atoms with E-state index in [1.165, 1.54) is 64.2 Å². The van der Waals surface area contributed by atoms with E-state index in [1.54, 1.807) is 19.2 Å². The number of likely N-dealkylation sites (N-methyl/N-ethyl adjacent to an activating group) is 1. The number of halogens is 2. The van der Waals surface area contributed by atoms with Crippen molar-refractivity contribution in [2.45, 2.75) is 46.7 Å². The van der Waals surface area contributed by atoms with Gasteiger partial charge in [-0.15, -0.1) is 59.4 Å². The average Bonchev–Trinajstić information content (AvgIpc) is 1.57. The van der Waals surface area contributed by atoms with Crippen molar-refractivity contribution < 1.29 is 87.8 Å². The quantitative estimate of drug-likeness (QED) is 0.0476. The van der Waals surface area contributed by atoms with E-state index in [0.29, 0.717) is 17.6 Å². The second-order valence-electron chi connectivity index (χ2n) is 32.4. The fourth-order valence-electron chi connectivity index (χ4n) is 16.1. The van der Waals surface area contributed by atoms with Crippen LogP contribution >= 0.6 is 0 Å². The molecule has 14 aromatic carbocycles. The summed E-state index contributed by atoms with van der Waals surface area (Å²) in [6.45, 7) is 14.7. The fourth-order valence-corrected chi connectivity index (χ4v) is 16.1. The molecule has 4 aromatic heterocycles. The van der Waals surface area contributed by atoms with Gasteiger partial charge in [0, 0.05) is 143 Å². The van der Waals surface area contributed by atoms with Gasteiger partial charge in [-0.25, -0.2) is 0 Å². The van der Waals surface area contributed by atoms with Crippen LogP contribution in [0.15, 0.2) is 433 Å². The molecule has 18 aromatic rings. The molecule has 23 rings (SSSR count). The van der Waals surface area contributed by atoms with Crippen molar-refractivity contribution in [3.63, 3.8) is 0 Å². The van der Waals surface area contributed by atoms with E-state index in [4.69, 9.17) is 24.7 Å². The molecule has 139 heavy (non-hydrogen) atoms. The minimum absolute atomic E-state index is 0. The van der Waals surface area contributed by atoms with E-state index in [0.717, 1.165) is 133 Å². The molecule has 9 heterocycles. The van der Waals surface area contributed by atoms with Crippen LogP contribution in [0, 0.1) is 62.0 Å². The minimum Gasteiger partial charge on any atom is -0.702 e. The number of para-hydroxylation sites is 5. The van der Waals surface area contributed by atoms with Crippen LogP contribution in [0.5, 0.6) is 0 Å². The molecule has 3 radical (unpaired) electrons. The number of benzene rings is 14. The molecule has 5 aliphatic heterocycles. The number of aliphatic hydroxyl groups excluding tert-OH is 1. The molecule has 0 bridgehead atoms. The van der Waals surface area contributed by atoms with Crippen LogP contribution in [0.2, 0.25) is 0 Å². The number of aromatic nitrogens is 2. The number of aliphatic hydroxyl groups is 1. The Hall–Kier alpha value is -14.9. The SMILES string of the molecule is CC(=O)C=C(C)O.CC([NH-])=CC(C)=Nc1ccccc1.CN1C=CN(c2[c-]ccc3c2oc2ccccc23)[CH-]1.CN1C=CN2c3c(ccc4c3oc3ccccc34)CC12.Fc1c[c-]c(-c2nccc3ccccc23)c(F)c1.[Ir].[Ir].[Ir].[c-]1ccccc1-c1cc(-c2ccccc2)c2cc(-c3ccccc3)ccc2n1.[c-]1ccccc1N1C=CN(CCCN2C=CN(c3[c-]cccc3)[CH-]2)[CH-]1.c1ccccc1.